The molecular formula is C70H65N7OS. The SMILES string of the molecule is Cc1ccc(-c2c3nc(c(-c4ccc(C)cc4)c4ccc([nH]4)c(-c4ccc(OCCCCN5CCN(CCCN6c7ccccc7Sc7ccccc76)CC5)cc4)c4nc(c(-c5ccc(C)cc5)c5ccc2[nH]5)C=C4)C=C3)cc1. The number of piperazine rings is 1. The third kappa shape index (κ3) is 10.6. The van der Waals surface area contributed by atoms with E-state index in [0.717, 1.165) is 160 Å². The number of hydrogen-bond donors (Lipinski definition) is 2. The molecule has 13 rings (SSSR count). The van der Waals surface area contributed by atoms with Crippen molar-refractivity contribution in [2.45, 2.75) is 49.8 Å². The van der Waals surface area contributed by atoms with E-state index in [4.69, 9.17) is 14.7 Å². The van der Waals surface area contributed by atoms with Gasteiger partial charge in [-0.25, -0.2) is 9.97 Å². The maximum absolute atomic E-state index is 6.44. The summed E-state index contributed by atoms with van der Waals surface area (Å²) in [5.41, 5.74) is 22.2. The van der Waals surface area contributed by atoms with E-state index in [1.165, 1.54) is 37.9 Å². The number of aryl methyl sites for hydroxylation is 3. The standard InChI is InChI=1S/C70H65N7OS/c1-47-15-21-50(22-16-47)67-55-31-33-57(71-55)68(51-23-17-48(2)18-24-51)59-35-37-61(73-59)70(62-38-36-60(74-62)69(58-34-32-56(67)72-58)52-25-19-49(3)20-26-52)53-27-29-54(30-28-53)78-46-9-8-39-75-42-44-76(45-43-75)40-10-41-77-63-11-4-6-13-65(63)79-66-14-7-5-12-64(66)77/h4-7,11-38,71,74H,8-10,39-46H2,1-3H3. The van der Waals surface area contributed by atoms with Crippen molar-refractivity contribution in [2.75, 3.05) is 57.3 Å². The zero-order valence-corrected chi connectivity index (χ0v) is 46.1. The minimum absolute atomic E-state index is 0.683. The Morgan fingerprint density at radius 2 is 0.772 bits per heavy atom. The van der Waals surface area contributed by atoms with Crippen molar-refractivity contribution in [3.63, 3.8) is 0 Å². The fourth-order valence-corrected chi connectivity index (χ4v) is 12.7. The highest BCUT2D eigenvalue weighted by Gasteiger charge is 2.24. The molecule has 0 spiro atoms. The lowest BCUT2D eigenvalue weighted by Gasteiger charge is -2.36. The maximum Gasteiger partial charge on any atom is 0.119 e. The number of para-hydroxylation sites is 2. The molecule has 1 saturated heterocycles. The molecule has 0 saturated carbocycles. The molecule has 2 N–H and O–H groups in total. The molecule has 9 aromatic rings. The molecule has 1 fully saturated rings. The highest BCUT2D eigenvalue weighted by atomic mass is 32.2. The Bertz CT molecular complexity index is 3830. The first-order chi connectivity index (χ1) is 38.8. The number of nitrogens with one attached hydrogen (secondary N) is 2. The number of anilines is 2. The summed E-state index contributed by atoms with van der Waals surface area (Å²) in [4.78, 5) is 29.3. The Kier molecular flexibility index (Phi) is 14.2. The fourth-order valence-electron chi connectivity index (χ4n) is 11.6. The topological polar surface area (TPSA) is 76.3 Å². The van der Waals surface area contributed by atoms with Gasteiger partial charge in [-0.15, -0.1) is 0 Å². The number of benzene rings is 6. The number of aromatic amines is 2. The zero-order valence-electron chi connectivity index (χ0n) is 45.3. The summed E-state index contributed by atoms with van der Waals surface area (Å²) >= 11 is 1.89. The number of hydrogen-bond acceptors (Lipinski definition) is 7. The van der Waals surface area contributed by atoms with E-state index in [-0.39, 0.29) is 0 Å². The van der Waals surface area contributed by atoms with Gasteiger partial charge in [0.15, 0.2) is 0 Å². The van der Waals surface area contributed by atoms with Gasteiger partial charge in [-0.1, -0.05) is 138 Å². The number of unbranched alkanes of at least 4 members (excludes halogenated alkanes) is 1. The van der Waals surface area contributed by atoms with Gasteiger partial charge < -0.3 is 29.4 Å². The Balaban J connectivity index is 0.749. The lowest BCUT2D eigenvalue weighted by atomic mass is 10.0. The lowest BCUT2D eigenvalue weighted by Crippen LogP contribution is -2.47. The van der Waals surface area contributed by atoms with Gasteiger partial charge in [-0.05, 0) is 160 Å². The van der Waals surface area contributed by atoms with Crippen LogP contribution in [0.1, 0.15) is 58.7 Å². The maximum atomic E-state index is 6.44. The van der Waals surface area contributed by atoms with Gasteiger partial charge in [0.25, 0.3) is 0 Å². The van der Waals surface area contributed by atoms with E-state index in [9.17, 15) is 0 Å². The highest BCUT2D eigenvalue weighted by Crippen LogP contribution is 2.48. The molecule has 8 nitrogen and oxygen atoms in total. The second-order valence-corrected chi connectivity index (χ2v) is 22.5. The minimum atomic E-state index is 0.683. The molecule has 8 bridgehead atoms. The number of aromatic nitrogens is 4. The van der Waals surface area contributed by atoms with Crippen molar-refractivity contribution < 1.29 is 4.74 Å². The fraction of sp³-hybridized carbons (Fsp3) is 0.200. The summed E-state index contributed by atoms with van der Waals surface area (Å²) in [6.07, 6.45) is 11.9. The minimum Gasteiger partial charge on any atom is -0.494 e. The lowest BCUT2D eigenvalue weighted by molar-refractivity contribution is 0.129. The predicted molar refractivity (Wildman–Crippen MR) is 331 cm³/mol. The molecule has 4 aliphatic rings. The molecule has 6 aromatic carbocycles. The third-order valence-electron chi connectivity index (χ3n) is 15.9. The summed E-state index contributed by atoms with van der Waals surface area (Å²) in [5, 5.41) is 0. The monoisotopic (exact) mass is 1050 g/mol. The van der Waals surface area contributed by atoms with Crippen LogP contribution in [-0.2, 0) is 0 Å². The summed E-state index contributed by atoms with van der Waals surface area (Å²) in [6.45, 7) is 14.8. The van der Waals surface area contributed by atoms with Crippen LogP contribution in [0.3, 0.4) is 0 Å². The van der Waals surface area contributed by atoms with Crippen LogP contribution in [0.4, 0.5) is 11.4 Å². The molecule has 7 heterocycles. The van der Waals surface area contributed by atoms with Crippen molar-refractivity contribution >= 4 is 69.5 Å². The van der Waals surface area contributed by atoms with Crippen LogP contribution in [0.15, 0.2) is 180 Å². The molecule has 392 valence electrons. The summed E-state index contributed by atoms with van der Waals surface area (Å²) in [7, 11) is 0. The Hall–Kier alpha value is -8.21. The van der Waals surface area contributed by atoms with Gasteiger partial charge in [-0.3, -0.25) is 0 Å². The van der Waals surface area contributed by atoms with Crippen LogP contribution in [0, 0.1) is 20.8 Å². The van der Waals surface area contributed by atoms with Crippen molar-refractivity contribution in [3.8, 4) is 50.3 Å². The molecular weight excluding hydrogens is 987 g/mol. The van der Waals surface area contributed by atoms with Gasteiger partial charge in [0, 0.05) is 86.8 Å². The molecule has 9 heteroatoms. The average molecular weight is 1050 g/mol. The van der Waals surface area contributed by atoms with Crippen molar-refractivity contribution in [2.24, 2.45) is 0 Å². The highest BCUT2D eigenvalue weighted by molar-refractivity contribution is 7.99. The smallest absolute Gasteiger partial charge is 0.119 e. The predicted octanol–water partition coefficient (Wildman–Crippen LogP) is 16.7. The van der Waals surface area contributed by atoms with E-state index in [2.05, 4.69) is 240 Å². The molecule has 4 aliphatic heterocycles. The van der Waals surface area contributed by atoms with Crippen LogP contribution in [0.25, 0.3) is 90.9 Å². The van der Waals surface area contributed by atoms with Crippen LogP contribution < -0.4 is 9.64 Å². The van der Waals surface area contributed by atoms with E-state index < -0.39 is 0 Å². The Labute approximate surface area is 468 Å². The molecule has 0 unspecified atom stereocenters. The third-order valence-corrected chi connectivity index (χ3v) is 17.0. The quantitative estimate of drug-likeness (QED) is 0.105. The van der Waals surface area contributed by atoms with E-state index in [1.807, 2.05) is 11.8 Å². The van der Waals surface area contributed by atoms with Crippen LogP contribution in [-0.4, -0.2) is 82.2 Å². The first-order valence-electron chi connectivity index (χ1n) is 28.0. The van der Waals surface area contributed by atoms with Crippen molar-refractivity contribution in [1.82, 2.24) is 29.7 Å². The first kappa shape index (κ1) is 50.3. The van der Waals surface area contributed by atoms with Crippen molar-refractivity contribution in [3.05, 3.63) is 209 Å². The van der Waals surface area contributed by atoms with E-state index >= 15 is 0 Å². The molecule has 0 aliphatic carbocycles. The largest absolute Gasteiger partial charge is 0.494 e. The van der Waals surface area contributed by atoms with Crippen molar-refractivity contribution in [1.29, 1.82) is 0 Å². The number of H-pyrrole nitrogens is 2. The molecule has 0 atom stereocenters. The normalized spacial score (nSPS) is 14.1. The second kappa shape index (κ2) is 22.3. The Morgan fingerprint density at radius 1 is 0.405 bits per heavy atom. The van der Waals surface area contributed by atoms with Crippen LogP contribution >= 0.6 is 11.8 Å². The first-order valence-corrected chi connectivity index (χ1v) is 28.9. The number of fused-ring (bicyclic) bond motifs is 10. The van der Waals surface area contributed by atoms with Gasteiger partial charge in [0.1, 0.15) is 5.75 Å². The van der Waals surface area contributed by atoms with Gasteiger partial charge in [0.2, 0.25) is 0 Å². The zero-order chi connectivity index (χ0) is 53.2. The van der Waals surface area contributed by atoms with E-state index in [0.29, 0.717) is 6.61 Å². The summed E-state index contributed by atoms with van der Waals surface area (Å²) in [5.74, 6) is 0.872. The molecule has 0 radical (unpaired) electrons. The number of nitrogens with zero attached hydrogens (tertiary/aromatic N) is 5. The van der Waals surface area contributed by atoms with Crippen LogP contribution in [0.2, 0.25) is 0 Å². The second-order valence-electron chi connectivity index (χ2n) is 21.4. The molecule has 0 amide bonds. The molecule has 79 heavy (non-hydrogen) atoms. The Morgan fingerprint density at radius 3 is 1.18 bits per heavy atom. The number of rotatable bonds is 14. The number of ether oxygens (including phenoxy) is 1. The van der Waals surface area contributed by atoms with Gasteiger partial charge in [0.05, 0.1) is 40.8 Å². The summed E-state index contributed by atoms with van der Waals surface area (Å²) < 4.78 is 6.44. The summed E-state index contributed by atoms with van der Waals surface area (Å²) in [6, 6.07) is 61.3. The van der Waals surface area contributed by atoms with Crippen LogP contribution in [0.5, 0.6) is 5.75 Å². The van der Waals surface area contributed by atoms with Gasteiger partial charge >= 0.3 is 0 Å². The van der Waals surface area contributed by atoms with Gasteiger partial charge in [-0.2, -0.15) is 0 Å². The average Bonchev–Trinajstić information content (AvgIpc) is 4.51. The molecule has 3 aromatic heterocycles. The van der Waals surface area contributed by atoms with E-state index in [1.54, 1.807) is 0 Å².